The maximum Gasteiger partial charge on any atom is 0.233 e. The van der Waals surface area contributed by atoms with Crippen LogP contribution in [0.4, 0.5) is 0 Å². The van der Waals surface area contributed by atoms with Crippen LogP contribution in [0.1, 0.15) is 25.0 Å². The monoisotopic (exact) mass is 245 g/mol. The van der Waals surface area contributed by atoms with E-state index in [2.05, 4.69) is 0 Å². The van der Waals surface area contributed by atoms with Crippen LogP contribution in [-0.2, 0) is 16.1 Å². The molecule has 4 nitrogen and oxygen atoms in total. The molecule has 1 aliphatic heterocycles. The second-order valence-corrected chi connectivity index (χ2v) is 5.73. The number of imide groups is 1. The highest BCUT2D eigenvalue weighted by Crippen LogP contribution is 2.56. The van der Waals surface area contributed by atoms with Crippen molar-refractivity contribution in [3.8, 4) is 0 Å². The Hall–Kier alpha value is -1.58. The second kappa shape index (κ2) is 3.46. The number of amides is 2. The van der Waals surface area contributed by atoms with E-state index in [1.165, 1.54) is 4.90 Å². The van der Waals surface area contributed by atoms with Crippen LogP contribution in [0.2, 0.25) is 0 Å². The minimum atomic E-state index is -0.0220. The molecule has 4 heteroatoms. The van der Waals surface area contributed by atoms with E-state index in [1.807, 2.05) is 6.07 Å². The average Bonchev–Trinajstić information content (AvgIpc) is 3.10. The van der Waals surface area contributed by atoms with Gasteiger partial charge in [0.25, 0.3) is 0 Å². The number of rotatable bonds is 2. The summed E-state index contributed by atoms with van der Waals surface area (Å²) in [6.07, 6.45) is 4.91. The zero-order chi connectivity index (χ0) is 12.3. The Kier molecular flexibility index (Phi) is 1.99. The molecular weight excluding hydrogens is 230 g/mol. The number of hydrogen-bond acceptors (Lipinski definition) is 3. The molecule has 2 aliphatic carbocycles. The molecule has 0 spiro atoms. The molecule has 1 aromatic heterocycles. The molecule has 2 bridgehead atoms. The lowest BCUT2D eigenvalue weighted by Gasteiger charge is -2.19. The predicted molar refractivity (Wildman–Crippen MR) is 62.1 cm³/mol. The van der Waals surface area contributed by atoms with Crippen LogP contribution in [0.15, 0.2) is 22.8 Å². The Morgan fingerprint density at radius 1 is 1.17 bits per heavy atom. The molecule has 3 fully saturated rings. The number of hydrogen-bond donors (Lipinski definition) is 0. The first-order valence-electron chi connectivity index (χ1n) is 6.63. The van der Waals surface area contributed by atoms with E-state index in [0.717, 1.165) is 19.3 Å². The van der Waals surface area contributed by atoms with Gasteiger partial charge in [-0.3, -0.25) is 14.5 Å². The fraction of sp³-hybridized carbons (Fsp3) is 0.571. The molecule has 2 saturated carbocycles. The molecule has 4 rings (SSSR count). The molecule has 1 saturated heterocycles. The van der Waals surface area contributed by atoms with Gasteiger partial charge in [0.2, 0.25) is 11.8 Å². The highest BCUT2D eigenvalue weighted by Gasteiger charge is 2.60. The van der Waals surface area contributed by atoms with Crippen LogP contribution < -0.4 is 0 Å². The molecule has 2 heterocycles. The third-order valence-electron chi connectivity index (χ3n) is 4.91. The Morgan fingerprint density at radius 2 is 1.83 bits per heavy atom. The third-order valence-corrected chi connectivity index (χ3v) is 4.91. The minimum absolute atomic E-state index is 0.0220. The molecule has 0 unspecified atom stereocenters. The standard InChI is InChI=1S/C14H15NO3/c16-13-11-8-3-4-9(6-8)12(11)14(17)15(13)7-10-2-1-5-18-10/h1-2,5,8-9,11-12H,3-4,6-7H2/t8-,9-,11-,12+/m0/s1. The quantitative estimate of drug-likeness (QED) is 0.747. The number of carbonyl (C=O) groups excluding carboxylic acids is 2. The molecule has 18 heavy (non-hydrogen) atoms. The highest BCUT2D eigenvalue weighted by molar-refractivity contribution is 6.05. The maximum absolute atomic E-state index is 12.4. The molecular formula is C14H15NO3. The lowest BCUT2D eigenvalue weighted by atomic mass is 9.81. The van der Waals surface area contributed by atoms with Gasteiger partial charge in [0, 0.05) is 0 Å². The number of nitrogens with zero attached hydrogens (tertiary/aromatic N) is 1. The minimum Gasteiger partial charge on any atom is -0.467 e. The van der Waals surface area contributed by atoms with Crippen molar-refractivity contribution in [2.45, 2.75) is 25.8 Å². The van der Waals surface area contributed by atoms with Gasteiger partial charge in [-0.1, -0.05) is 0 Å². The van der Waals surface area contributed by atoms with Gasteiger partial charge in [0.05, 0.1) is 24.6 Å². The zero-order valence-corrected chi connectivity index (χ0v) is 10.0. The van der Waals surface area contributed by atoms with E-state index >= 15 is 0 Å². The number of furan rings is 1. The van der Waals surface area contributed by atoms with Crippen molar-refractivity contribution in [2.24, 2.45) is 23.7 Å². The first-order valence-corrected chi connectivity index (χ1v) is 6.63. The van der Waals surface area contributed by atoms with E-state index in [0.29, 0.717) is 24.1 Å². The van der Waals surface area contributed by atoms with Crippen molar-refractivity contribution in [3.05, 3.63) is 24.2 Å². The molecule has 4 atom stereocenters. The van der Waals surface area contributed by atoms with Crippen molar-refractivity contribution in [2.75, 3.05) is 0 Å². The van der Waals surface area contributed by atoms with Gasteiger partial charge in [-0.15, -0.1) is 0 Å². The average molecular weight is 245 g/mol. The first-order chi connectivity index (χ1) is 8.75. The van der Waals surface area contributed by atoms with Crippen LogP contribution in [0.25, 0.3) is 0 Å². The lowest BCUT2D eigenvalue weighted by Crippen LogP contribution is -2.32. The molecule has 1 aromatic rings. The van der Waals surface area contributed by atoms with Gasteiger partial charge in [0.15, 0.2) is 0 Å². The largest absolute Gasteiger partial charge is 0.467 e. The molecule has 0 aromatic carbocycles. The summed E-state index contributed by atoms with van der Waals surface area (Å²) in [6, 6.07) is 3.59. The normalized spacial score (nSPS) is 37.7. The topological polar surface area (TPSA) is 50.5 Å². The zero-order valence-electron chi connectivity index (χ0n) is 10.0. The number of likely N-dealkylation sites (tertiary alicyclic amines) is 1. The summed E-state index contributed by atoms with van der Waals surface area (Å²) in [6.45, 7) is 0.303. The second-order valence-electron chi connectivity index (χ2n) is 5.73. The summed E-state index contributed by atoms with van der Waals surface area (Å²) < 4.78 is 5.24. The van der Waals surface area contributed by atoms with Crippen molar-refractivity contribution >= 4 is 11.8 Å². The van der Waals surface area contributed by atoms with Gasteiger partial charge in [0.1, 0.15) is 5.76 Å². The molecule has 3 aliphatic rings. The number of carbonyl (C=O) groups is 2. The Morgan fingerprint density at radius 3 is 2.39 bits per heavy atom. The van der Waals surface area contributed by atoms with Crippen molar-refractivity contribution in [3.63, 3.8) is 0 Å². The molecule has 94 valence electrons. The summed E-state index contributed by atoms with van der Waals surface area (Å²) in [5, 5.41) is 0. The SMILES string of the molecule is O=C1[C@@H]2[C@H]3CC[C@@H](C3)[C@@H]2C(=O)N1Cc1ccco1. The highest BCUT2D eigenvalue weighted by atomic mass is 16.3. The van der Waals surface area contributed by atoms with Crippen LogP contribution in [-0.4, -0.2) is 16.7 Å². The Bertz CT molecular complexity index is 479. The molecule has 2 amide bonds. The van der Waals surface area contributed by atoms with E-state index < -0.39 is 0 Å². The van der Waals surface area contributed by atoms with E-state index in [1.54, 1.807) is 12.3 Å². The molecule has 0 radical (unpaired) electrons. The summed E-state index contributed by atoms with van der Waals surface area (Å²) in [5.41, 5.74) is 0. The van der Waals surface area contributed by atoms with E-state index in [4.69, 9.17) is 4.42 Å². The summed E-state index contributed by atoms with van der Waals surface area (Å²) in [4.78, 5) is 26.2. The van der Waals surface area contributed by atoms with Gasteiger partial charge < -0.3 is 4.42 Å². The predicted octanol–water partition coefficient (Wildman–Crippen LogP) is 1.81. The lowest BCUT2D eigenvalue weighted by molar-refractivity contribution is -0.141. The molecule has 0 N–H and O–H groups in total. The maximum atomic E-state index is 12.4. The summed E-state index contributed by atoms with van der Waals surface area (Å²) in [5.74, 6) is 1.62. The van der Waals surface area contributed by atoms with Crippen LogP contribution in [0, 0.1) is 23.7 Å². The van der Waals surface area contributed by atoms with Crippen molar-refractivity contribution in [1.82, 2.24) is 4.90 Å². The first kappa shape index (κ1) is 10.4. The van der Waals surface area contributed by atoms with E-state index in [-0.39, 0.29) is 23.7 Å². The van der Waals surface area contributed by atoms with Gasteiger partial charge >= 0.3 is 0 Å². The van der Waals surface area contributed by atoms with Gasteiger partial charge in [-0.2, -0.15) is 0 Å². The van der Waals surface area contributed by atoms with Gasteiger partial charge in [-0.05, 0) is 43.2 Å². The smallest absolute Gasteiger partial charge is 0.233 e. The van der Waals surface area contributed by atoms with Crippen LogP contribution in [0.5, 0.6) is 0 Å². The van der Waals surface area contributed by atoms with E-state index in [9.17, 15) is 9.59 Å². The van der Waals surface area contributed by atoms with Crippen LogP contribution >= 0.6 is 0 Å². The van der Waals surface area contributed by atoms with Crippen molar-refractivity contribution in [1.29, 1.82) is 0 Å². The van der Waals surface area contributed by atoms with Gasteiger partial charge in [-0.25, -0.2) is 0 Å². The third kappa shape index (κ3) is 1.21. The summed E-state index contributed by atoms with van der Waals surface area (Å²) in [7, 11) is 0. The Labute approximate surface area is 105 Å². The fourth-order valence-corrected chi connectivity index (χ4v) is 4.18. The van der Waals surface area contributed by atoms with Crippen molar-refractivity contribution < 1.29 is 14.0 Å². The number of fused-ring (bicyclic) bond motifs is 5. The fourth-order valence-electron chi connectivity index (χ4n) is 4.18. The van der Waals surface area contributed by atoms with Crippen LogP contribution in [0.3, 0.4) is 0 Å². The Balaban J connectivity index is 1.63. The summed E-state index contributed by atoms with van der Waals surface area (Å²) >= 11 is 0.